The van der Waals surface area contributed by atoms with Crippen molar-refractivity contribution >= 4 is 10.0 Å². The number of sulfonamides is 1. The van der Waals surface area contributed by atoms with Crippen LogP contribution in [0.15, 0.2) is 0 Å². The molecule has 4 fully saturated rings. The standard InChI is InChI=1S/C17H29NO5S/c19-24(20,16-1-2-16)18-7-5-17(6-8-18)11-15(13-23-17)22-12-14-3-9-21-10-4-14/h14-16H,1-13H2/t15-/m1/s1. The Hall–Kier alpha value is -0.210. The average molecular weight is 359 g/mol. The van der Waals surface area contributed by atoms with Gasteiger partial charge in [0.1, 0.15) is 0 Å². The molecule has 1 aliphatic carbocycles. The lowest BCUT2D eigenvalue weighted by molar-refractivity contribution is -0.0369. The van der Waals surface area contributed by atoms with Gasteiger partial charge in [0.15, 0.2) is 0 Å². The monoisotopic (exact) mass is 359 g/mol. The van der Waals surface area contributed by atoms with Gasteiger partial charge in [-0.3, -0.25) is 0 Å². The van der Waals surface area contributed by atoms with Crippen molar-refractivity contribution in [2.75, 3.05) is 39.5 Å². The molecule has 0 aromatic carbocycles. The molecule has 4 aliphatic rings. The molecule has 1 atom stereocenters. The van der Waals surface area contributed by atoms with E-state index in [-0.39, 0.29) is 17.0 Å². The predicted octanol–water partition coefficient (Wildman–Crippen LogP) is 1.55. The Morgan fingerprint density at radius 3 is 2.46 bits per heavy atom. The maximum atomic E-state index is 12.3. The zero-order chi connectivity index (χ0) is 16.6. The van der Waals surface area contributed by atoms with Crippen molar-refractivity contribution in [3.05, 3.63) is 0 Å². The van der Waals surface area contributed by atoms with E-state index in [0.29, 0.717) is 25.6 Å². The average Bonchev–Trinajstić information content (AvgIpc) is 3.39. The molecule has 4 rings (SSSR count). The van der Waals surface area contributed by atoms with E-state index in [1.807, 2.05) is 0 Å². The van der Waals surface area contributed by atoms with E-state index in [4.69, 9.17) is 14.2 Å². The molecule has 0 radical (unpaired) electrons. The highest BCUT2D eigenvalue weighted by Gasteiger charge is 2.47. The highest BCUT2D eigenvalue weighted by Crippen LogP contribution is 2.40. The summed E-state index contributed by atoms with van der Waals surface area (Å²) >= 11 is 0. The first kappa shape index (κ1) is 17.2. The van der Waals surface area contributed by atoms with Gasteiger partial charge in [-0.25, -0.2) is 12.7 Å². The summed E-state index contributed by atoms with van der Waals surface area (Å²) in [7, 11) is -3.04. The van der Waals surface area contributed by atoms with Gasteiger partial charge in [0.25, 0.3) is 0 Å². The van der Waals surface area contributed by atoms with E-state index < -0.39 is 10.0 Å². The van der Waals surface area contributed by atoms with Gasteiger partial charge in [0, 0.05) is 32.7 Å². The third kappa shape index (κ3) is 3.65. The first-order valence-corrected chi connectivity index (χ1v) is 10.9. The van der Waals surface area contributed by atoms with E-state index in [0.717, 1.165) is 64.8 Å². The Balaban J connectivity index is 1.24. The Morgan fingerprint density at radius 2 is 1.79 bits per heavy atom. The molecule has 0 unspecified atom stereocenters. The number of nitrogens with zero attached hydrogens (tertiary/aromatic N) is 1. The molecular formula is C17H29NO5S. The van der Waals surface area contributed by atoms with Gasteiger partial charge in [-0.15, -0.1) is 0 Å². The quantitative estimate of drug-likeness (QED) is 0.745. The van der Waals surface area contributed by atoms with Gasteiger partial charge in [-0.05, 0) is 44.4 Å². The van der Waals surface area contributed by atoms with Crippen LogP contribution in [0.5, 0.6) is 0 Å². The summed E-state index contributed by atoms with van der Waals surface area (Å²) in [6.45, 7) is 4.36. The van der Waals surface area contributed by atoms with Crippen molar-refractivity contribution in [3.8, 4) is 0 Å². The second kappa shape index (κ2) is 6.83. The maximum Gasteiger partial charge on any atom is 0.216 e. The number of hydrogen-bond donors (Lipinski definition) is 0. The number of ether oxygens (including phenoxy) is 3. The smallest absolute Gasteiger partial charge is 0.216 e. The second-order valence-corrected chi connectivity index (χ2v) is 10.1. The minimum Gasteiger partial charge on any atom is -0.381 e. The first-order valence-electron chi connectivity index (χ1n) is 9.40. The van der Waals surface area contributed by atoms with Crippen LogP contribution in [0, 0.1) is 5.92 Å². The van der Waals surface area contributed by atoms with E-state index in [9.17, 15) is 8.42 Å². The first-order chi connectivity index (χ1) is 11.6. The summed E-state index contributed by atoms with van der Waals surface area (Å²) in [5.74, 6) is 0.612. The summed E-state index contributed by atoms with van der Waals surface area (Å²) in [6.07, 6.45) is 6.53. The van der Waals surface area contributed by atoms with Crippen LogP contribution in [0.2, 0.25) is 0 Å². The van der Waals surface area contributed by atoms with E-state index in [1.165, 1.54) is 0 Å². The highest BCUT2D eigenvalue weighted by atomic mass is 32.2. The summed E-state index contributed by atoms with van der Waals surface area (Å²) in [5, 5.41) is -0.105. The molecule has 3 saturated heterocycles. The molecule has 0 bridgehead atoms. The molecule has 7 heteroatoms. The molecule has 1 spiro atoms. The summed E-state index contributed by atoms with van der Waals surface area (Å²) < 4.78 is 44.0. The fraction of sp³-hybridized carbons (Fsp3) is 1.00. The normalized spacial score (nSPS) is 32.4. The van der Waals surface area contributed by atoms with Crippen LogP contribution in [0.1, 0.15) is 44.9 Å². The van der Waals surface area contributed by atoms with Crippen LogP contribution in [-0.2, 0) is 24.2 Å². The van der Waals surface area contributed by atoms with Crippen LogP contribution in [-0.4, -0.2) is 69.2 Å². The number of piperidine rings is 1. The molecule has 3 aliphatic heterocycles. The fourth-order valence-electron chi connectivity index (χ4n) is 4.17. The van der Waals surface area contributed by atoms with Gasteiger partial charge >= 0.3 is 0 Å². The van der Waals surface area contributed by atoms with E-state index in [1.54, 1.807) is 4.31 Å². The molecule has 138 valence electrons. The molecule has 0 N–H and O–H groups in total. The lowest BCUT2D eigenvalue weighted by Gasteiger charge is -2.38. The van der Waals surface area contributed by atoms with Crippen molar-refractivity contribution in [3.63, 3.8) is 0 Å². The molecule has 0 aromatic rings. The van der Waals surface area contributed by atoms with Gasteiger partial charge in [-0.1, -0.05) is 0 Å². The maximum absolute atomic E-state index is 12.3. The topological polar surface area (TPSA) is 65.1 Å². The van der Waals surface area contributed by atoms with Gasteiger partial charge in [0.2, 0.25) is 10.0 Å². The van der Waals surface area contributed by atoms with Crippen LogP contribution in [0.4, 0.5) is 0 Å². The summed E-state index contributed by atoms with van der Waals surface area (Å²) in [4.78, 5) is 0. The highest BCUT2D eigenvalue weighted by molar-refractivity contribution is 7.90. The lowest BCUT2D eigenvalue weighted by atomic mass is 9.89. The third-order valence-electron chi connectivity index (χ3n) is 6.02. The largest absolute Gasteiger partial charge is 0.381 e. The van der Waals surface area contributed by atoms with Crippen LogP contribution in [0.25, 0.3) is 0 Å². The van der Waals surface area contributed by atoms with E-state index >= 15 is 0 Å². The molecule has 1 saturated carbocycles. The molecular weight excluding hydrogens is 330 g/mol. The molecule has 6 nitrogen and oxygen atoms in total. The summed E-state index contributed by atoms with van der Waals surface area (Å²) in [6, 6.07) is 0. The van der Waals surface area contributed by atoms with E-state index in [2.05, 4.69) is 0 Å². The molecule has 24 heavy (non-hydrogen) atoms. The molecule has 3 heterocycles. The van der Waals surface area contributed by atoms with Gasteiger partial charge < -0.3 is 14.2 Å². The SMILES string of the molecule is O=S(=O)(C1CC1)N1CCC2(CC1)C[C@@H](OCC1CCOCC1)CO2. The van der Waals surface area contributed by atoms with Gasteiger partial charge in [-0.2, -0.15) is 0 Å². The minimum absolute atomic E-state index is 0.105. The van der Waals surface area contributed by atoms with Crippen molar-refractivity contribution in [1.82, 2.24) is 4.31 Å². The van der Waals surface area contributed by atoms with Crippen molar-refractivity contribution in [2.24, 2.45) is 5.92 Å². The van der Waals surface area contributed by atoms with Gasteiger partial charge in [0.05, 0.1) is 30.2 Å². The Bertz CT molecular complexity index is 533. The zero-order valence-electron chi connectivity index (χ0n) is 14.3. The zero-order valence-corrected chi connectivity index (χ0v) is 15.1. The minimum atomic E-state index is -3.04. The molecule has 0 amide bonds. The Kier molecular flexibility index (Phi) is 4.90. The number of hydrogen-bond acceptors (Lipinski definition) is 5. The second-order valence-electron chi connectivity index (χ2n) is 7.85. The predicted molar refractivity (Wildman–Crippen MR) is 89.3 cm³/mol. The summed E-state index contributed by atoms with van der Waals surface area (Å²) in [5.41, 5.74) is -0.157. The fourth-order valence-corrected chi connectivity index (χ4v) is 6.01. The number of rotatable bonds is 5. The lowest BCUT2D eigenvalue weighted by Crippen LogP contribution is -2.47. The van der Waals surface area contributed by atoms with Crippen LogP contribution < -0.4 is 0 Å². The van der Waals surface area contributed by atoms with Crippen molar-refractivity contribution in [2.45, 2.75) is 61.9 Å². The third-order valence-corrected chi connectivity index (χ3v) is 8.42. The van der Waals surface area contributed by atoms with Crippen LogP contribution in [0.3, 0.4) is 0 Å². The van der Waals surface area contributed by atoms with Crippen molar-refractivity contribution in [1.29, 1.82) is 0 Å². The Labute approximate surface area is 144 Å². The van der Waals surface area contributed by atoms with Crippen molar-refractivity contribution < 1.29 is 22.6 Å². The van der Waals surface area contributed by atoms with Crippen LogP contribution >= 0.6 is 0 Å². The Morgan fingerprint density at radius 1 is 1.08 bits per heavy atom. The molecule has 0 aromatic heterocycles.